The fraction of sp³-hybridized carbons (Fsp3) is 0.0667. The molecular weight excluding hydrogens is 623 g/mol. The zero-order valence-electron chi connectivity index (χ0n) is 21.2. The molecule has 0 spiro atoms. The van der Waals surface area contributed by atoms with E-state index in [1.54, 1.807) is 11.0 Å². The highest BCUT2D eigenvalue weighted by atomic mass is 35.5. The molecule has 0 bridgehead atoms. The minimum absolute atomic E-state index is 0.0311. The van der Waals surface area contributed by atoms with Gasteiger partial charge in [-0.25, -0.2) is 0 Å². The van der Waals surface area contributed by atoms with Crippen molar-refractivity contribution >= 4 is 73.8 Å². The first kappa shape index (κ1) is 29.2. The van der Waals surface area contributed by atoms with Crippen LogP contribution in [0.3, 0.4) is 0 Å². The summed E-state index contributed by atoms with van der Waals surface area (Å²) in [5, 5.41) is 0.889. The van der Waals surface area contributed by atoms with E-state index in [0.717, 1.165) is 11.1 Å². The molecule has 1 amide bonds. The standard InChI is InChI=1S/C30H21Cl3N2O4S2/c31-23-11-13-24(14-12-23)41(37,38)39-28-25(32)15-22(16-26(28)33)17-27-29(36)35(19-21-9-5-2-6-10-21)30(40-27)34-18-20-7-3-1-4-8-20/h1-17H,18-19H2/b27-17+,34-30?. The predicted octanol–water partition coefficient (Wildman–Crippen LogP) is 8.09. The Bertz CT molecular complexity index is 1720. The maximum absolute atomic E-state index is 13.5. The number of aliphatic imine (C=N–C) groups is 1. The Kier molecular flexibility index (Phi) is 9.06. The molecule has 1 aliphatic heterocycles. The van der Waals surface area contributed by atoms with E-state index in [-0.39, 0.29) is 26.6 Å². The molecule has 41 heavy (non-hydrogen) atoms. The zero-order valence-corrected chi connectivity index (χ0v) is 25.1. The molecule has 1 saturated heterocycles. The van der Waals surface area contributed by atoms with Gasteiger partial charge in [0.05, 0.1) is 28.0 Å². The van der Waals surface area contributed by atoms with Crippen LogP contribution in [0.1, 0.15) is 16.7 Å². The van der Waals surface area contributed by atoms with Crippen molar-refractivity contribution in [3.8, 4) is 5.75 Å². The van der Waals surface area contributed by atoms with E-state index in [1.807, 2.05) is 60.7 Å². The van der Waals surface area contributed by atoms with Crippen LogP contribution in [-0.2, 0) is 28.0 Å². The maximum atomic E-state index is 13.5. The average Bonchev–Trinajstić information content (AvgIpc) is 3.24. The van der Waals surface area contributed by atoms with Gasteiger partial charge in [0.15, 0.2) is 10.9 Å². The number of amides is 1. The molecule has 0 aliphatic carbocycles. The first-order valence-electron chi connectivity index (χ1n) is 12.2. The highest BCUT2D eigenvalue weighted by Crippen LogP contribution is 2.39. The van der Waals surface area contributed by atoms with Gasteiger partial charge in [0.2, 0.25) is 0 Å². The fourth-order valence-electron chi connectivity index (χ4n) is 3.93. The lowest BCUT2D eigenvalue weighted by Crippen LogP contribution is -2.28. The van der Waals surface area contributed by atoms with Crippen molar-refractivity contribution in [3.05, 3.63) is 134 Å². The normalized spacial score (nSPS) is 15.6. The summed E-state index contributed by atoms with van der Waals surface area (Å²) in [7, 11) is -4.22. The molecule has 1 aliphatic rings. The second-order valence-electron chi connectivity index (χ2n) is 8.88. The molecule has 0 unspecified atom stereocenters. The summed E-state index contributed by atoms with van der Waals surface area (Å²) < 4.78 is 30.8. The van der Waals surface area contributed by atoms with Crippen LogP contribution in [0, 0.1) is 0 Å². The SMILES string of the molecule is O=C1/C(=C\c2cc(Cl)c(OS(=O)(=O)c3ccc(Cl)cc3)c(Cl)c2)SC(=NCc2ccccc2)N1Cc1ccccc1. The first-order chi connectivity index (χ1) is 19.7. The number of rotatable bonds is 8. The first-order valence-corrected chi connectivity index (χ1v) is 15.6. The fourth-order valence-corrected chi connectivity index (χ4v) is 6.67. The van der Waals surface area contributed by atoms with Crippen molar-refractivity contribution in [2.45, 2.75) is 18.0 Å². The molecule has 0 atom stereocenters. The van der Waals surface area contributed by atoms with E-state index in [9.17, 15) is 13.2 Å². The molecule has 1 heterocycles. The summed E-state index contributed by atoms with van der Waals surface area (Å²) in [4.78, 5) is 20.2. The van der Waals surface area contributed by atoms with E-state index in [1.165, 1.54) is 48.2 Å². The molecule has 1 fully saturated rings. The van der Waals surface area contributed by atoms with Gasteiger partial charge in [0, 0.05) is 5.02 Å². The molecule has 4 aromatic rings. The highest BCUT2D eigenvalue weighted by Gasteiger charge is 2.33. The third-order valence-corrected chi connectivity index (χ3v) is 9.02. The smallest absolute Gasteiger partial charge is 0.339 e. The van der Waals surface area contributed by atoms with Crippen LogP contribution >= 0.6 is 46.6 Å². The van der Waals surface area contributed by atoms with Gasteiger partial charge < -0.3 is 4.18 Å². The van der Waals surface area contributed by atoms with E-state index >= 15 is 0 Å². The van der Waals surface area contributed by atoms with Gasteiger partial charge in [-0.3, -0.25) is 14.7 Å². The van der Waals surface area contributed by atoms with Crippen molar-refractivity contribution in [1.29, 1.82) is 0 Å². The summed E-state index contributed by atoms with van der Waals surface area (Å²) in [6.45, 7) is 0.773. The van der Waals surface area contributed by atoms with E-state index in [2.05, 4.69) is 0 Å². The van der Waals surface area contributed by atoms with Gasteiger partial charge in [0.1, 0.15) is 4.90 Å². The number of hydrogen-bond acceptors (Lipinski definition) is 6. The Morgan fingerprint density at radius 2 is 1.41 bits per heavy atom. The third kappa shape index (κ3) is 7.15. The minimum atomic E-state index is -4.22. The Hall–Kier alpha value is -3.27. The van der Waals surface area contributed by atoms with Gasteiger partial charge in [-0.05, 0) is 70.9 Å². The van der Waals surface area contributed by atoms with Gasteiger partial charge in [0.25, 0.3) is 5.91 Å². The van der Waals surface area contributed by atoms with Crippen molar-refractivity contribution in [2.24, 2.45) is 4.99 Å². The minimum Gasteiger partial charge on any atom is -0.376 e. The molecule has 208 valence electrons. The van der Waals surface area contributed by atoms with Crippen LogP contribution in [0.5, 0.6) is 5.75 Å². The molecule has 0 saturated carbocycles. The van der Waals surface area contributed by atoms with Gasteiger partial charge in [-0.2, -0.15) is 8.42 Å². The van der Waals surface area contributed by atoms with Gasteiger partial charge in [-0.1, -0.05) is 95.5 Å². The van der Waals surface area contributed by atoms with Gasteiger partial charge in [-0.15, -0.1) is 0 Å². The summed E-state index contributed by atoms with van der Waals surface area (Å²) in [5.41, 5.74) is 2.48. The lowest BCUT2D eigenvalue weighted by Gasteiger charge is -2.15. The number of carbonyl (C=O) groups is 1. The highest BCUT2D eigenvalue weighted by molar-refractivity contribution is 8.18. The summed E-state index contributed by atoms with van der Waals surface area (Å²) in [6, 6.07) is 27.9. The lowest BCUT2D eigenvalue weighted by molar-refractivity contribution is -0.122. The summed E-state index contributed by atoms with van der Waals surface area (Å²) >= 11 is 19.9. The Balaban J connectivity index is 1.42. The number of halogens is 3. The number of amidine groups is 1. The van der Waals surface area contributed by atoms with E-state index in [0.29, 0.717) is 33.7 Å². The average molecular weight is 644 g/mol. The molecular formula is C30H21Cl3N2O4S2. The number of nitrogens with zero attached hydrogens (tertiary/aromatic N) is 2. The largest absolute Gasteiger partial charge is 0.376 e. The van der Waals surface area contributed by atoms with Crippen LogP contribution in [-0.4, -0.2) is 24.4 Å². The molecule has 0 N–H and O–H groups in total. The zero-order chi connectivity index (χ0) is 29.0. The second-order valence-corrected chi connectivity index (χ2v) is 12.7. The van der Waals surface area contributed by atoms with E-state index < -0.39 is 10.1 Å². The van der Waals surface area contributed by atoms with Crippen LogP contribution in [0.4, 0.5) is 0 Å². The molecule has 4 aromatic carbocycles. The quantitative estimate of drug-likeness (QED) is 0.143. The summed E-state index contributed by atoms with van der Waals surface area (Å²) in [6.07, 6.45) is 1.64. The topological polar surface area (TPSA) is 76.0 Å². The monoisotopic (exact) mass is 642 g/mol. The second kappa shape index (κ2) is 12.7. The van der Waals surface area contributed by atoms with Crippen LogP contribution < -0.4 is 4.18 Å². The van der Waals surface area contributed by atoms with Crippen LogP contribution in [0.25, 0.3) is 6.08 Å². The Morgan fingerprint density at radius 3 is 2.02 bits per heavy atom. The van der Waals surface area contributed by atoms with Crippen molar-refractivity contribution in [2.75, 3.05) is 0 Å². The lowest BCUT2D eigenvalue weighted by atomic mass is 10.2. The van der Waals surface area contributed by atoms with Crippen molar-refractivity contribution in [1.82, 2.24) is 4.90 Å². The molecule has 0 radical (unpaired) electrons. The van der Waals surface area contributed by atoms with Crippen molar-refractivity contribution in [3.63, 3.8) is 0 Å². The number of benzene rings is 4. The Labute approximate surface area is 257 Å². The van der Waals surface area contributed by atoms with E-state index in [4.69, 9.17) is 44.0 Å². The van der Waals surface area contributed by atoms with Crippen molar-refractivity contribution < 1.29 is 17.4 Å². The number of carbonyl (C=O) groups excluding carboxylic acids is 1. The van der Waals surface area contributed by atoms with Crippen LogP contribution in [0.15, 0.2) is 112 Å². The molecule has 6 nitrogen and oxygen atoms in total. The Morgan fingerprint density at radius 1 is 0.829 bits per heavy atom. The number of hydrogen-bond donors (Lipinski definition) is 0. The maximum Gasteiger partial charge on any atom is 0.339 e. The van der Waals surface area contributed by atoms with Gasteiger partial charge >= 0.3 is 10.1 Å². The predicted molar refractivity (Wildman–Crippen MR) is 166 cm³/mol. The van der Waals surface area contributed by atoms with Crippen LogP contribution in [0.2, 0.25) is 15.1 Å². The molecule has 0 aromatic heterocycles. The summed E-state index contributed by atoms with van der Waals surface area (Å²) in [5.74, 6) is -0.435. The third-order valence-electron chi connectivity index (χ3n) is 5.93. The molecule has 11 heteroatoms. The molecule has 5 rings (SSSR count). The number of thioether (sulfide) groups is 1.